The third-order valence-electron chi connectivity index (χ3n) is 2.38. The molecule has 0 aromatic rings. The molecule has 0 aliphatic carbocycles. The number of halogens is 10. The summed E-state index contributed by atoms with van der Waals surface area (Å²) in [5, 5.41) is -5.39. The lowest BCUT2D eigenvalue weighted by atomic mass is 9.89. The van der Waals surface area contributed by atoms with Crippen molar-refractivity contribution < 1.29 is 43.9 Å². The molecule has 11 heteroatoms. The van der Waals surface area contributed by atoms with Gasteiger partial charge in [0.05, 0.1) is 5.92 Å². The first kappa shape index (κ1) is 18.7. The van der Waals surface area contributed by atoms with Crippen LogP contribution in [0.15, 0.2) is 0 Å². The van der Waals surface area contributed by atoms with Gasteiger partial charge in [0.25, 0.3) is 0 Å². The van der Waals surface area contributed by atoms with Gasteiger partial charge < -0.3 is 0 Å². The van der Waals surface area contributed by atoms with Gasteiger partial charge in [-0.05, 0) is 6.42 Å². The summed E-state index contributed by atoms with van der Waals surface area (Å²) < 4.78 is 124. The molecule has 116 valence electrons. The molecule has 0 N–H and O–H groups in total. The van der Waals surface area contributed by atoms with Crippen molar-refractivity contribution in [2.45, 2.75) is 36.9 Å². The van der Waals surface area contributed by atoms with Gasteiger partial charge in [-0.2, -0.15) is 43.9 Å². The molecule has 0 bridgehead atoms. The van der Waals surface area contributed by atoms with Crippen molar-refractivity contribution in [2.75, 3.05) is 0 Å². The summed E-state index contributed by atoms with van der Waals surface area (Å²) in [6.45, 7) is 0.200. The number of alkyl halides is 10. The van der Waals surface area contributed by atoms with Crippen molar-refractivity contribution in [1.82, 2.24) is 0 Å². The zero-order chi connectivity index (χ0) is 15.9. The van der Waals surface area contributed by atoms with Crippen LogP contribution in [0.5, 0.6) is 0 Å². The topological polar surface area (TPSA) is 0 Å². The second-order valence-corrected chi connectivity index (χ2v) is 4.50. The highest BCUT2D eigenvalue weighted by atomic mass is 32.1. The van der Waals surface area contributed by atoms with E-state index in [0.29, 0.717) is 0 Å². The Morgan fingerprint density at radius 2 is 1.16 bits per heavy atom. The largest absolute Gasteiger partial charge is 0.397 e. The molecular formula is C8H8F10S. The molecule has 0 rings (SSSR count). The van der Waals surface area contributed by atoms with Crippen molar-refractivity contribution in [2.24, 2.45) is 11.8 Å². The Kier molecular flexibility index (Phi) is 5.11. The van der Waals surface area contributed by atoms with Gasteiger partial charge in [-0.3, -0.25) is 0 Å². The number of rotatable bonds is 4. The summed E-state index contributed by atoms with van der Waals surface area (Å²) >= 11 is 2.04. The number of hydrogen-bond acceptors (Lipinski definition) is 1. The van der Waals surface area contributed by atoms with E-state index >= 15 is 0 Å². The standard InChI is InChI=1S/C8H8F10S/c1-3(6(11,12)13)2-4(7(14,15)16)5(9,10)8(17,18)19/h3-4,19H,2H2,1H3. The van der Waals surface area contributed by atoms with E-state index in [1.165, 1.54) is 0 Å². The van der Waals surface area contributed by atoms with Crippen LogP contribution >= 0.6 is 12.6 Å². The van der Waals surface area contributed by atoms with E-state index in [1.54, 1.807) is 0 Å². The molecule has 0 saturated carbocycles. The molecule has 0 aromatic carbocycles. The summed E-state index contributed by atoms with van der Waals surface area (Å²) in [6.07, 6.45) is -13.3. The van der Waals surface area contributed by atoms with Crippen LogP contribution in [0.25, 0.3) is 0 Å². The van der Waals surface area contributed by atoms with Crippen LogP contribution < -0.4 is 0 Å². The second-order valence-electron chi connectivity index (χ2n) is 3.94. The van der Waals surface area contributed by atoms with E-state index in [2.05, 4.69) is 0 Å². The van der Waals surface area contributed by atoms with E-state index in [4.69, 9.17) is 0 Å². The molecule has 0 fully saturated rings. The van der Waals surface area contributed by atoms with Gasteiger partial charge in [-0.15, -0.1) is 0 Å². The first-order valence-corrected chi connectivity index (χ1v) is 5.07. The molecule has 0 heterocycles. The predicted octanol–water partition coefficient (Wildman–Crippen LogP) is 4.91. The van der Waals surface area contributed by atoms with E-state index in [-0.39, 0.29) is 6.92 Å². The van der Waals surface area contributed by atoms with Crippen LogP contribution in [0.4, 0.5) is 43.9 Å². The fourth-order valence-electron chi connectivity index (χ4n) is 1.18. The fourth-order valence-corrected chi connectivity index (χ4v) is 1.34. The summed E-state index contributed by atoms with van der Waals surface area (Å²) in [4.78, 5) is 0. The quantitative estimate of drug-likeness (QED) is 0.551. The lowest BCUT2D eigenvalue weighted by Gasteiger charge is -2.33. The maximum absolute atomic E-state index is 12.9. The van der Waals surface area contributed by atoms with Gasteiger partial charge in [0, 0.05) is 0 Å². The molecule has 2 unspecified atom stereocenters. The van der Waals surface area contributed by atoms with E-state index in [1.807, 2.05) is 12.6 Å². The highest BCUT2D eigenvalue weighted by molar-refractivity contribution is 7.81. The molecule has 0 spiro atoms. The Morgan fingerprint density at radius 3 is 1.37 bits per heavy atom. The van der Waals surface area contributed by atoms with Gasteiger partial charge in [0.2, 0.25) is 0 Å². The molecule has 19 heavy (non-hydrogen) atoms. The van der Waals surface area contributed by atoms with Crippen LogP contribution in [0.2, 0.25) is 0 Å². The van der Waals surface area contributed by atoms with Crippen LogP contribution in [0.1, 0.15) is 13.3 Å². The lowest BCUT2D eigenvalue weighted by molar-refractivity contribution is -0.291. The highest BCUT2D eigenvalue weighted by Gasteiger charge is 2.67. The van der Waals surface area contributed by atoms with Crippen molar-refractivity contribution in [3.8, 4) is 0 Å². The zero-order valence-electron chi connectivity index (χ0n) is 9.09. The van der Waals surface area contributed by atoms with Gasteiger partial charge in [-0.1, -0.05) is 19.6 Å². The van der Waals surface area contributed by atoms with E-state index in [0.717, 1.165) is 0 Å². The van der Waals surface area contributed by atoms with Crippen molar-refractivity contribution in [3.63, 3.8) is 0 Å². The smallest absolute Gasteiger partial charge is 0.198 e. The molecule has 0 radical (unpaired) electrons. The maximum Gasteiger partial charge on any atom is 0.397 e. The maximum atomic E-state index is 12.9. The Bertz CT molecular complexity index is 298. The van der Waals surface area contributed by atoms with Gasteiger partial charge in [-0.25, -0.2) is 0 Å². The van der Waals surface area contributed by atoms with E-state index in [9.17, 15) is 43.9 Å². The summed E-state index contributed by atoms with van der Waals surface area (Å²) in [5.41, 5.74) is 0. The minimum atomic E-state index is -5.92. The molecule has 0 amide bonds. The lowest BCUT2D eigenvalue weighted by Crippen LogP contribution is -2.50. The molecule has 0 saturated heterocycles. The summed E-state index contributed by atoms with van der Waals surface area (Å²) in [7, 11) is 0. The first-order chi connectivity index (χ1) is 8.01. The number of hydrogen-bond donors (Lipinski definition) is 1. The summed E-state index contributed by atoms with van der Waals surface area (Å²) in [6, 6.07) is 0. The fraction of sp³-hybridized carbons (Fsp3) is 1.00. The zero-order valence-corrected chi connectivity index (χ0v) is 9.98. The van der Waals surface area contributed by atoms with Crippen molar-refractivity contribution in [1.29, 1.82) is 0 Å². The Balaban J connectivity index is 5.40. The Hall–Kier alpha value is -0.350. The first-order valence-electron chi connectivity index (χ1n) is 4.62. The Labute approximate surface area is 106 Å². The molecule has 2 atom stereocenters. The van der Waals surface area contributed by atoms with Crippen LogP contribution in [0, 0.1) is 11.8 Å². The number of thiol groups is 1. The minimum Gasteiger partial charge on any atom is -0.198 e. The SMILES string of the molecule is CC(CC(C(F)(F)F)C(F)(F)C(F)(F)S)C(F)(F)F. The normalized spacial score (nSPS) is 18.3. The molecular weight excluding hydrogens is 318 g/mol. The van der Waals surface area contributed by atoms with Gasteiger partial charge >= 0.3 is 23.5 Å². The average Bonchev–Trinajstić information content (AvgIpc) is 2.07. The van der Waals surface area contributed by atoms with Crippen molar-refractivity contribution >= 4 is 12.6 Å². The minimum absolute atomic E-state index is 0.200. The van der Waals surface area contributed by atoms with Crippen LogP contribution in [-0.4, -0.2) is 23.5 Å². The third-order valence-corrected chi connectivity index (χ3v) is 2.68. The average molecular weight is 326 g/mol. The second kappa shape index (κ2) is 5.21. The summed E-state index contributed by atoms with van der Waals surface area (Å²) in [5.74, 6) is -12.7. The predicted molar refractivity (Wildman–Crippen MR) is 48.3 cm³/mol. The van der Waals surface area contributed by atoms with Gasteiger partial charge in [0.15, 0.2) is 0 Å². The monoisotopic (exact) mass is 326 g/mol. The van der Waals surface area contributed by atoms with Gasteiger partial charge in [0.1, 0.15) is 5.92 Å². The Morgan fingerprint density at radius 1 is 0.789 bits per heavy atom. The van der Waals surface area contributed by atoms with Crippen LogP contribution in [-0.2, 0) is 0 Å². The molecule has 0 aliphatic heterocycles. The third kappa shape index (κ3) is 4.60. The van der Waals surface area contributed by atoms with Crippen molar-refractivity contribution in [3.05, 3.63) is 0 Å². The molecule has 0 aromatic heterocycles. The molecule has 0 aliphatic rings. The van der Waals surface area contributed by atoms with Crippen LogP contribution in [0.3, 0.4) is 0 Å². The molecule has 0 nitrogen and oxygen atoms in total. The van der Waals surface area contributed by atoms with E-state index < -0.39 is 41.8 Å². The highest BCUT2D eigenvalue weighted by Crippen LogP contribution is 2.52.